The van der Waals surface area contributed by atoms with Crippen LogP contribution < -0.4 is 0 Å². The van der Waals surface area contributed by atoms with Gasteiger partial charge in [0.05, 0.1) is 11.8 Å². The molecule has 16 heavy (non-hydrogen) atoms. The van der Waals surface area contributed by atoms with Crippen LogP contribution in [0.3, 0.4) is 0 Å². The Labute approximate surface area is 91.8 Å². The third-order valence-electron chi connectivity index (χ3n) is 2.17. The molecule has 5 nitrogen and oxygen atoms in total. The van der Waals surface area contributed by atoms with Gasteiger partial charge in [-0.1, -0.05) is 0 Å². The van der Waals surface area contributed by atoms with E-state index in [0.29, 0.717) is 22.8 Å². The van der Waals surface area contributed by atoms with E-state index in [0.717, 1.165) is 0 Å². The fourth-order valence-corrected chi connectivity index (χ4v) is 1.42. The first-order valence-corrected chi connectivity index (χ1v) is 4.71. The van der Waals surface area contributed by atoms with Crippen LogP contribution in [0.1, 0.15) is 21.9 Å². The maximum atomic E-state index is 10.8. The number of carboxylic acid groups (broad SMARTS) is 1. The number of carboxylic acids is 1. The van der Waals surface area contributed by atoms with Crippen molar-refractivity contribution < 1.29 is 14.3 Å². The van der Waals surface area contributed by atoms with Crippen molar-refractivity contribution >= 4 is 5.97 Å². The van der Waals surface area contributed by atoms with Gasteiger partial charge in [0.25, 0.3) is 0 Å². The molecule has 2 aromatic rings. The molecule has 82 valence electrons. The second-order valence-electron chi connectivity index (χ2n) is 3.41. The number of carbonyl (C=O) groups is 1. The van der Waals surface area contributed by atoms with Crippen LogP contribution in [-0.4, -0.2) is 21.0 Å². The molecule has 0 radical (unpaired) electrons. The van der Waals surface area contributed by atoms with Crippen LogP contribution >= 0.6 is 0 Å². The minimum absolute atomic E-state index is 0.0110. The highest BCUT2D eigenvalue weighted by molar-refractivity contribution is 5.86. The van der Waals surface area contributed by atoms with Crippen LogP contribution in [-0.2, 0) is 0 Å². The molecule has 0 unspecified atom stereocenters. The third-order valence-corrected chi connectivity index (χ3v) is 2.17. The lowest BCUT2D eigenvalue weighted by atomic mass is 10.2. The highest BCUT2D eigenvalue weighted by atomic mass is 16.4. The zero-order valence-electron chi connectivity index (χ0n) is 8.89. The van der Waals surface area contributed by atoms with Crippen LogP contribution in [0, 0.1) is 13.8 Å². The molecule has 0 aliphatic heterocycles. The van der Waals surface area contributed by atoms with Gasteiger partial charge in [-0.3, -0.25) is 0 Å². The van der Waals surface area contributed by atoms with E-state index in [-0.39, 0.29) is 5.69 Å². The van der Waals surface area contributed by atoms with Gasteiger partial charge in [-0.15, -0.1) is 0 Å². The predicted molar refractivity (Wildman–Crippen MR) is 56.2 cm³/mol. The third kappa shape index (κ3) is 1.79. The molecule has 0 aromatic carbocycles. The van der Waals surface area contributed by atoms with Crippen molar-refractivity contribution in [3.63, 3.8) is 0 Å². The average Bonchev–Trinajstić information content (AvgIpc) is 2.63. The highest BCUT2D eigenvalue weighted by Gasteiger charge is 2.12. The smallest absolute Gasteiger partial charge is 0.354 e. The van der Waals surface area contributed by atoms with Crippen LogP contribution in [0.5, 0.6) is 0 Å². The monoisotopic (exact) mass is 218 g/mol. The first-order valence-electron chi connectivity index (χ1n) is 4.71. The van der Waals surface area contributed by atoms with Gasteiger partial charge in [-0.05, 0) is 26.0 Å². The zero-order valence-corrected chi connectivity index (χ0v) is 8.89. The number of hydrogen-bond acceptors (Lipinski definition) is 4. The number of aromatic carboxylic acids is 1. The molecule has 0 bridgehead atoms. The lowest BCUT2D eigenvalue weighted by Gasteiger charge is -2.01. The van der Waals surface area contributed by atoms with Crippen molar-refractivity contribution in [2.75, 3.05) is 0 Å². The van der Waals surface area contributed by atoms with Gasteiger partial charge in [0.15, 0.2) is 11.5 Å². The van der Waals surface area contributed by atoms with E-state index in [1.165, 1.54) is 12.3 Å². The number of nitrogens with zero attached hydrogens (tertiary/aromatic N) is 2. The second kappa shape index (κ2) is 3.77. The summed E-state index contributed by atoms with van der Waals surface area (Å²) < 4.78 is 5.13. The molecule has 2 rings (SSSR count). The Morgan fingerprint density at radius 2 is 2.12 bits per heavy atom. The van der Waals surface area contributed by atoms with E-state index in [4.69, 9.17) is 9.52 Å². The van der Waals surface area contributed by atoms with Gasteiger partial charge >= 0.3 is 5.97 Å². The molecule has 0 fully saturated rings. The minimum atomic E-state index is -1.06. The Morgan fingerprint density at radius 1 is 1.38 bits per heavy atom. The van der Waals surface area contributed by atoms with Gasteiger partial charge in [-0.25, -0.2) is 14.8 Å². The van der Waals surface area contributed by atoms with Crippen molar-refractivity contribution in [1.82, 2.24) is 9.97 Å². The first kappa shape index (κ1) is 10.4. The predicted octanol–water partition coefficient (Wildman–Crippen LogP) is 2.05. The molecular weight excluding hydrogens is 208 g/mol. The number of aryl methyl sites for hydroxylation is 2. The summed E-state index contributed by atoms with van der Waals surface area (Å²) in [4.78, 5) is 19.0. The van der Waals surface area contributed by atoms with E-state index < -0.39 is 5.97 Å². The Balaban J connectivity index is 2.58. The van der Waals surface area contributed by atoms with Crippen LogP contribution in [0.2, 0.25) is 0 Å². The standard InChI is InChI=1S/C11H10N2O3/c1-6-5-9(11(14)15)13-10(12-6)8-3-4-16-7(8)2/h3-5H,1-2H3,(H,14,15). The topological polar surface area (TPSA) is 76.2 Å². The molecule has 0 aliphatic carbocycles. The van der Waals surface area contributed by atoms with Crippen molar-refractivity contribution in [3.05, 3.63) is 35.5 Å². The summed E-state index contributed by atoms with van der Waals surface area (Å²) in [5.74, 6) is -0.0153. The van der Waals surface area contributed by atoms with Crippen molar-refractivity contribution in [1.29, 1.82) is 0 Å². The number of hydrogen-bond donors (Lipinski definition) is 1. The molecule has 0 amide bonds. The summed E-state index contributed by atoms with van der Waals surface area (Å²) >= 11 is 0. The van der Waals surface area contributed by atoms with Crippen LogP contribution in [0.25, 0.3) is 11.4 Å². The highest BCUT2D eigenvalue weighted by Crippen LogP contribution is 2.21. The molecule has 0 aliphatic rings. The fraction of sp³-hybridized carbons (Fsp3) is 0.182. The van der Waals surface area contributed by atoms with E-state index in [1.807, 2.05) is 0 Å². The number of rotatable bonds is 2. The lowest BCUT2D eigenvalue weighted by Crippen LogP contribution is -2.04. The average molecular weight is 218 g/mol. The first-order chi connectivity index (χ1) is 7.58. The van der Waals surface area contributed by atoms with Crippen LogP contribution in [0.4, 0.5) is 0 Å². The van der Waals surface area contributed by atoms with Gasteiger partial charge in [0.1, 0.15) is 5.76 Å². The Bertz CT molecular complexity index is 546. The molecular formula is C11H10N2O3. The summed E-state index contributed by atoms with van der Waals surface area (Å²) in [6.07, 6.45) is 1.52. The quantitative estimate of drug-likeness (QED) is 0.834. The molecule has 2 aromatic heterocycles. The van der Waals surface area contributed by atoms with E-state index in [1.54, 1.807) is 19.9 Å². The molecule has 0 spiro atoms. The Morgan fingerprint density at radius 3 is 2.69 bits per heavy atom. The van der Waals surface area contributed by atoms with E-state index in [9.17, 15) is 4.79 Å². The zero-order chi connectivity index (χ0) is 11.7. The number of furan rings is 1. The van der Waals surface area contributed by atoms with Gasteiger partial charge < -0.3 is 9.52 Å². The summed E-state index contributed by atoms with van der Waals surface area (Å²) in [7, 11) is 0. The molecule has 2 heterocycles. The van der Waals surface area contributed by atoms with Crippen molar-refractivity contribution in [3.8, 4) is 11.4 Å². The molecule has 0 saturated heterocycles. The maximum Gasteiger partial charge on any atom is 0.354 e. The number of aromatic nitrogens is 2. The minimum Gasteiger partial charge on any atom is -0.477 e. The van der Waals surface area contributed by atoms with Gasteiger partial charge in [0, 0.05) is 5.69 Å². The maximum absolute atomic E-state index is 10.8. The fourth-order valence-electron chi connectivity index (χ4n) is 1.42. The summed E-state index contributed by atoms with van der Waals surface area (Å²) in [5.41, 5.74) is 1.32. The molecule has 5 heteroatoms. The SMILES string of the molecule is Cc1cc(C(=O)O)nc(-c2ccoc2C)n1. The van der Waals surface area contributed by atoms with Gasteiger partial charge in [0.2, 0.25) is 0 Å². The normalized spacial score (nSPS) is 10.4. The molecule has 1 N–H and O–H groups in total. The second-order valence-corrected chi connectivity index (χ2v) is 3.41. The summed E-state index contributed by atoms with van der Waals surface area (Å²) in [6, 6.07) is 3.15. The summed E-state index contributed by atoms with van der Waals surface area (Å²) in [5, 5.41) is 8.89. The Hall–Kier alpha value is -2.17. The Kier molecular flexibility index (Phi) is 2.44. The van der Waals surface area contributed by atoms with Crippen molar-refractivity contribution in [2.45, 2.75) is 13.8 Å². The van der Waals surface area contributed by atoms with Gasteiger partial charge in [-0.2, -0.15) is 0 Å². The van der Waals surface area contributed by atoms with E-state index in [2.05, 4.69) is 9.97 Å². The van der Waals surface area contributed by atoms with Crippen molar-refractivity contribution in [2.24, 2.45) is 0 Å². The molecule has 0 saturated carbocycles. The lowest BCUT2D eigenvalue weighted by molar-refractivity contribution is 0.0690. The van der Waals surface area contributed by atoms with E-state index >= 15 is 0 Å². The summed E-state index contributed by atoms with van der Waals surface area (Å²) in [6.45, 7) is 3.51. The van der Waals surface area contributed by atoms with Crippen LogP contribution in [0.15, 0.2) is 22.8 Å². The largest absolute Gasteiger partial charge is 0.477 e. The molecule has 0 atom stereocenters.